The molecule has 0 aliphatic heterocycles. The normalized spacial score (nSPS) is 22.2. The van der Waals surface area contributed by atoms with Gasteiger partial charge in [-0.05, 0) is 12.5 Å². The van der Waals surface area contributed by atoms with Gasteiger partial charge in [0, 0.05) is 12.5 Å². The lowest BCUT2D eigenvalue weighted by atomic mass is 10.1. The summed E-state index contributed by atoms with van der Waals surface area (Å²) in [6, 6.07) is 0. The summed E-state index contributed by atoms with van der Waals surface area (Å²) in [7, 11) is 0. The highest BCUT2D eigenvalue weighted by Gasteiger charge is 2.19. The molecule has 0 aromatic carbocycles. The van der Waals surface area contributed by atoms with Crippen molar-refractivity contribution >= 4 is 11.9 Å². The molecule has 1 aliphatic rings. The smallest absolute Gasteiger partial charge is 0.404 e. The molecular weight excluding hydrogens is 146 g/mol. The minimum Gasteiger partial charge on any atom is -0.465 e. The number of rotatable bonds is 2. The van der Waals surface area contributed by atoms with Gasteiger partial charge in [-0.2, -0.15) is 0 Å². The molecule has 0 aromatic rings. The van der Waals surface area contributed by atoms with Gasteiger partial charge in [0.1, 0.15) is 0 Å². The highest BCUT2D eigenvalue weighted by Crippen LogP contribution is 2.12. The van der Waals surface area contributed by atoms with Crippen LogP contribution < -0.4 is 5.32 Å². The van der Waals surface area contributed by atoms with Crippen LogP contribution in [-0.2, 0) is 4.79 Å². The Hall–Kier alpha value is -1.32. The summed E-state index contributed by atoms with van der Waals surface area (Å²) >= 11 is 0. The van der Waals surface area contributed by atoms with Crippen molar-refractivity contribution in [1.82, 2.24) is 5.32 Å². The Bertz CT molecular complexity index is 210. The van der Waals surface area contributed by atoms with Gasteiger partial charge >= 0.3 is 6.09 Å². The number of carbonyl (C=O) groups excluding carboxylic acids is 1. The van der Waals surface area contributed by atoms with E-state index in [9.17, 15) is 9.59 Å². The van der Waals surface area contributed by atoms with Gasteiger partial charge in [-0.1, -0.05) is 6.08 Å². The van der Waals surface area contributed by atoms with Gasteiger partial charge in [0.05, 0.1) is 0 Å². The van der Waals surface area contributed by atoms with Crippen LogP contribution in [0.25, 0.3) is 0 Å². The SMILES string of the molecule is O=C(O)NCC1CC=CC1=O. The second-order valence-electron chi connectivity index (χ2n) is 2.42. The topological polar surface area (TPSA) is 66.4 Å². The van der Waals surface area contributed by atoms with Gasteiger partial charge in [0.25, 0.3) is 0 Å². The predicted molar refractivity (Wildman–Crippen MR) is 38.3 cm³/mol. The van der Waals surface area contributed by atoms with Crippen LogP contribution in [0.4, 0.5) is 4.79 Å². The van der Waals surface area contributed by atoms with Crippen molar-refractivity contribution in [2.75, 3.05) is 6.54 Å². The van der Waals surface area contributed by atoms with Crippen molar-refractivity contribution in [1.29, 1.82) is 0 Å². The molecule has 2 N–H and O–H groups in total. The molecule has 1 atom stereocenters. The maximum atomic E-state index is 10.9. The molecule has 1 unspecified atom stereocenters. The van der Waals surface area contributed by atoms with E-state index in [2.05, 4.69) is 5.32 Å². The molecule has 0 saturated heterocycles. The first-order chi connectivity index (χ1) is 5.20. The molecule has 0 heterocycles. The van der Waals surface area contributed by atoms with E-state index in [1.165, 1.54) is 6.08 Å². The van der Waals surface area contributed by atoms with Gasteiger partial charge < -0.3 is 10.4 Å². The molecule has 0 saturated carbocycles. The van der Waals surface area contributed by atoms with E-state index >= 15 is 0 Å². The fourth-order valence-corrected chi connectivity index (χ4v) is 0.995. The Labute approximate surface area is 63.9 Å². The van der Waals surface area contributed by atoms with Crippen molar-refractivity contribution < 1.29 is 14.7 Å². The summed E-state index contributed by atoms with van der Waals surface area (Å²) < 4.78 is 0. The molecule has 1 amide bonds. The standard InChI is InChI=1S/C7H9NO3/c9-6-3-1-2-5(6)4-8-7(10)11/h1,3,5,8H,2,4H2,(H,10,11). The molecule has 0 fully saturated rings. The van der Waals surface area contributed by atoms with Crippen LogP contribution in [0, 0.1) is 5.92 Å². The van der Waals surface area contributed by atoms with Crippen molar-refractivity contribution in [3.63, 3.8) is 0 Å². The Morgan fingerprint density at radius 3 is 3.00 bits per heavy atom. The third-order valence-electron chi connectivity index (χ3n) is 1.60. The quantitative estimate of drug-likeness (QED) is 0.606. The molecular formula is C7H9NO3. The number of allylic oxidation sites excluding steroid dienone is 2. The van der Waals surface area contributed by atoms with Crippen molar-refractivity contribution in [2.45, 2.75) is 6.42 Å². The van der Waals surface area contributed by atoms with Crippen LogP contribution in [0.2, 0.25) is 0 Å². The first kappa shape index (κ1) is 7.78. The highest BCUT2D eigenvalue weighted by atomic mass is 16.4. The highest BCUT2D eigenvalue weighted by molar-refractivity contribution is 5.94. The maximum absolute atomic E-state index is 10.9. The monoisotopic (exact) mass is 155 g/mol. The Balaban J connectivity index is 2.28. The van der Waals surface area contributed by atoms with Gasteiger partial charge in [-0.15, -0.1) is 0 Å². The first-order valence-corrected chi connectivity index (χ1v) is 3.37. The van der Waals surface area contributed by atoms with E-state index in [0.717, 1.165) is 0 Å². The van der Waals surface area contributed by atoms with Gasteiger partial charge in [0.2, 0.25) is 0 Å². The van der Waals surface area contributed by atoms with Crippen molar-refractivity contribution in [3.8, 4) is 0 Å². The van der Waals surface area contributed by atoms with E-state index in [1.54, 1.807) is 6.08 Å². The summed E-state index contributed by atoms with van der Waals surface area (Å²) in [4.78, 5) is 20.9. The Morgan fingerprint density at radius 1 is 1.82 bits per heavy atom. The average molecular weight is 155 g/mol. The van der Waals surface area contributed by atoms with E-state index in [0.29, 0.717) is 6.42 Å². The summed E-state index contributed by atoms with van der Waals surface area (Å²) in [5, 5.41) is 10.4. The molecule has 60 valence electrons. The summed E-state index contributed by atoms with van der Waals surface area (Å²) in [5.74, 6) is -0.162. The number of hydrogen-bond acceptors (Lipinski definition) is 2. The van der Waals surface area contributed by atoms with Crippen LogP contribution in [-0.4, -0.2) is 23.5 Å². The molecule has 0 bridgehead atoms. The van der Waals surface area contributed by atoms with E-state index < -0.39 is 6.09 Å². The fourth-order valence-electron chi connectivity index (χ4n) is 0.995. The molecule has 1 aliphatic carbocycles. The average Bonchev–Trinajstić information content (AvgIpc) is 2.31. The van der Waals surface area contributed by atoms with Gasteiger partial charge in [0.15, 0.2) is 5.78 Å². The lowest BCUT2D eigenvalue weighted by Crippen LogP contribution is -2.29. The second kappa shape index (κ2) is 3.18. The van der Waals surface area contributed by atoms with Crippen LogP contribution in [0.1, 0.15) is 6.42 Å². The van der Waals surface area contributed by atoms with Crippen LogP contribution >= 0.6 is 0 Å². The summed E-state index contributed by atoms with van der Waals surface area (Å²) in [6.07, 6.45) is 2.83. The number of carboxylic acid groups (broad SMARTS) is 1. The molecule has 4 nitrogen and oxygen atoms in total. The van der Waals surface area contributed by atoms with Crippen LogP contribution in [0.3, 0.4) is 0 Å². The molecule has 11 heavy (non-hydrogen) atoms. The molecule has 4 heteroatoms. The van der Waals surface area contributed by atoms with E-state index in [4.69, 9.17) is 5.11 Å². The Morgan fingerprint density at radius 2 is 2.55 bits per heavy atom. The van der Waals surface area contributed by atoms with E-state index in [-0.39, 0.29) is 18.2 Å². The predicted octanol–water partition coefficient (Wildman–Crippen LogP) is 0.399. The minimum atomic E-state index is -1.08. The largest absolute Gasteiger partial charge is 0.465 e. The third kappa shape index (κ3) is 2.07. The van der Waals surface area contributed by atoms with Gasteiger partial charge in [-0.3, -0.25) is 4.79 Å². The minimum absolute atomic E-state index is 0.0127. The lowest BCUT2D eigenvalue weighted by Gasteiger charge is -2.05. The number of hydrogen-bond donors (Lipinski definition) is 2. The second-order valence-corrected chi connectivity index (χ2v) is 2.42. The van der Waals surface area contributed by atoms with Crippen molar-refractivity contribution in [3.05, 3.63) is 12.2 Å². The number of ketones is 1. The fraction of sp³-hybridized carbons (Fsp3) is 0.429. The zero-order valence-electron chi connectivity index (χ0n) is 5.91. The Kier molecular flexibility index (Phi) is 2.25. The number of nitrogens with one attached hydrogen (secondary N) is 1. The zero-order valence-corrected chi connectivity index (χ0v) is 5.91. The first-order valence-electron chi connectivity index (χ1n) is 3.37. The third-order valence-corrected chi connectivity index (χ3v) is 1.60. The van der Waals surface area contributed by atoms with E-state index in [1.807, 2.05) is 0 Å². The van der Waals surface area contributed by atoms with Crippen molar-refractivity contribution in [2.24, 2.45) is 5.92 Å². The molecule has 1 rings (SSSR count). The van der Waals surface area contributed by atoms with Gasteiger partial charge in [-0.25, -0.2) is 4.79 Å². The van der Waals surface area contributed by atoms with Crippen LogP contribution in [0.5, 0.6) is 0 Å². The molecule has 0 aromatic heterocycles. The van der Waals surface area contributed by atoms with Crippen LogP contribution in [0.15, 0.2) is 12.2 Å². The number of amides is 1. The summed E-state index contributed by atoms with van der Waals surface area (Å²) in [6.45, 7) is 0.223. The maximum Gasteiger partial charge on any atom is 0.404 e. The number of carbonyl (C=O) groups is 2. The summed E-state index contributed by atoms with van der Waals surface area (Å²) in [5.41, 5.74) is 0. The molecule has 0 radical (unpaired) electrons. The lowest BCUT2D eigenvalue weighted by molar-refractivity contribution is -0.117. The molecule has 0 spiro atoms. The zero-order chi connectivity index (χ0) is 8.27.